The van der Waals surface area contributed by atoms with Gasteiger partial charge in [-0.15, -0.1) is 0 Å². The zero-order valence-corrected chi connectivity index (χ0v) is 11.3. The van der Waals surface area contributed by atoms with Gasteiger partial charge in [0.2, 0.25) is 0 Å². The number of hydrogen-bond acceptors (Lipinski definition) is 3. The van der Waals surface area contributed by atoms with Crippen LogP contribution in [0.4, 0.5) is 0 Å². The third-order valence-corrected chi connectivity index (χ3v) is 4.28. The van der Waals surface area contributed by atoms with E-state index in [1.54, 1.807) is 7.11 Å². The molecule has 1 fully saturated rings. The van der Waals surface area contributed by atoms with Gasteiger partial charge < -0.3 is 9.30 Å². The van der Waals surface area contributed by atoms with Crippen LogP contribution in [0.2, 0.25) is 0 Å². The highest BCUT2D eigenvalue weighted by Crippen LogP contribution is 2.38. The maximum absolute atomic E-state index is 8.94. The smallest absolute Gasteiger partial charge is 0.112 e. The lowest BCUT2D eigenvalue weighted by Crippen LogP contribution is -2.41. The molecule has 3 rings (SSSR count). The van der Waals surface area contributed by atoms with Crippen LogP contribution in [0.15, 0.2) is 18.2 Å². The first-order chi connectivity index (χ1) is 9.17. The number of benzene rings is 1. The molecule has 4 heteroatoms. The predicted molar refractivity (Wildman–Crippen MR) is 72.7 cm³/mol. The second-order valence-electron chi connectivity index (χ2n) is 5.32. The molecule has 98 valence electrons. The average Bonchev–Trinajstić information content (AvgIpc) is 2.70. The van der Waals surface area contributed by atoms with Gasteiger partial charge in [0.25, 0.3) is 0 Å². The number of aromatic nitrogens is 2. The molecule has 0 aliphatic heterocycles. The first-order valence-electron chi connectivity index (χ1n) is 6.58. The molecule has 0 N–H and O–H groups in total. The third kappa shape index (κ3) is 1.91. The Morgan fingerprint density at radius 3 is 2.84 bits per heavy atom. The number of methoxy groups -OCH3 is 1. The predicted octanol–water partition coefficient (Wildman–Crippen LogP) is 2.56. The van der Waals surface area contributed by atoms with E-state index in [1.165, 1.54) is 6.42 Å². The lowest BCUT2D eigenvalue weighted by atomic mass is 9.77. The van der Waals surface area contributed by atoms with Gasteiger partial charge in [-0.2, -0.15) is 5.26 Å². The second kappa shape index (κ2) is 4.36. The molecule has 0 radical (unpaired) electrons. The van der Waals surface area contributed by atoms with Crippen molar-refractivity contribution in [2.75, 3.05) is 7.11 Å². The quantitative estimate of drug-likeness (QED) is 0.847. The average molecular weight is 255 g/mol. The first kappa shape index (κ1) is 12.2. The number of rotatable bonds is 3. The van der Waals surface area contributed by atoms with E-state index in [0.717, 1.165) is 36.1 Å². The molecule has 0 unspecified atom stereocenters. The lowest BCUT2D eigenvalue weighted by Gasteiger charge is -2.40. The van der Waals surface area contributed by atoms with Crippen molar-refractivity contribution in [2.45, 2.75) is 31.3 Å². The largest absolute Gasteiger partial charge is 0.378 e. The van der Waals surface area contributed by atoms with Gasteiger partial charge in [0, 0.05) is 20.6 Å². The summed E-state index contributed by atoms with van der Waals surface area (Å²) in [6.45, 7) is 0. The zero-order valence-electron chi connectivity index (χ0n) is 11.3. The third-order valence-electron chi connectivity index (χ3n) is 4.28. The second-order valence-corrected chi connectivity index (χ2v) is 5.32. The number of hydrogen-bond donors (Lipinski definition) is 0. The number of nitrogens with zero attached hydrogens (tertiary/aromatic N) is 3. The molecule has 0 bridgehead atoms. The number of imidazole rings is 1. The fourth-order valence-corrected chi connectivity index (χ4v) is 2.79. The summed E-state index contributed by atoms with van der Waals surface area (Å²) in [6, 6.07) is 7.80. The molecule has 0 spiro atoms. The lowest BCUT2D eigenvalue weighted by molar-refractivity contribution is -0.0724. The van der Waals surface area contributed by atoms with Crippen LogP contribution in [0.1, 0.15) is 30.7 Å². The normalized spacial score (nSPS) is 17.1. The molecule has 19 heavy (non-hydrogen) atoms. The summed E-state index contributed by atoms with van der Waals surface area (Å²) >= 11 is 0. The Hall–Kier alpha value is -1.86. The van der Waals surface area contributed by atoms with Crippen molar-refractivity contribution in [1.29, 1.82) is 5.26 Å². The van der Waals surface area contributed by atoms with Crippen molar-refractivity contribution in [2.24, 2.45) is 7.05 Å². The molecule has 1 aliphatic rings. The Morgan fingerprint density at radius 1 is 1.47 bits per heavy atom. The van der Waals surface area contributed by atoms with E-state index in [4.69, 9.17) is 10.00 Å². The van der Waals surface area contributed by atoms with Crippen molar-refractivity contribution in [3.63, 3.8) is 0 Å². The topological polar surface area (TPSA) is 50.8 Å². The first-order valence-corrected chi connectivity index (χ1v) is 6.58. The van der Waals surface area contributed by atoms with E-state index in [1.807, 2.05) is 25.2 Å². The van der Waals surface area contributed by atoms with E-state index >= 15 is 0 Å². The SMILES string of the molecule is COC1(Cc2nc3cc(C#N)ccc3n2C)CCC1. The van der Waals surface area contributed by atoms with E-state index < -0.39 is 0 Å². The molecule has 4 nitrogen and oxygen atoms in total. The molecule has 0 atom stereocenters. The Labute approximate surface area is 112 Å². The van der Waals surface area contributed by atoms with Crippen LogP contribution in [-0.4, -0.2) is 22.3 Å². The van der Waals surface area contributed by atoms with E-state index in [9.17, 15) is 0 Å². The molecular weight excluding hydrogens is 238 g/mol. The van der Waals surface area contributed by atoms with E-state index in [0.29, 0.717) is 5.56 Å². The highest BCUT2D eigenvalue weighted by atomic mass is 16.5. The van der Waals surface area contributed by atoms with Crippen molar-refractivity contribution in [3.8, 4) is 6.07 Å². The highest BCUT2D eigenvalue weighted by molar-refractivity contribution is 5.77. The van der Waals surface area contributed by atoms with Gasteiger partial charge in [0.1, 0.15) is 5.82 Å². The molecule has 1 heterocycles. The summed E-state index contributed by atoms with van der Waals surface area (Å²) in [6.07, 6.45) is 4.29. The summed E-state index contributed by atoms with van der Waals surface area (Å²) < 4.78 is 7.77. The summed E-state index contributed by atoms with van der Waals surface area (Å²) in [5.74, 6) is 1.03. The number of fused-ring (bicyclic) bond motifs is 1. The fraction of sp³-hybridized carbons (Fsp3) is 0.467. The van der Waals surface area contributed by atoms with Gasteiger partial charge in [-0.1, -0.05) is 0 Å². The highest BCUT2D eigenvalue weighted by Gasteiger charge is 2.38. The number of nitriles is 1. The van der Waals surface area contributed by atoms with Crippen molar-refractivity contribution in [3.05, 3.63) is 29.6 Å². The Balaban J connectivity index is 2.00. The zero-order chi connectivity index (χ0) is 13.5. The molecule has 2 aromatic rings. The van der Waals surface area contributed by atoms with Crippen molar-refractivity contribution in [1.82, 2.24) is 9.55 Å². The minimum absolute atomic E-state index is 0.0206. The van der Waals surface area contributed by atoms with Gasteiger partial charge in [-0.3, -0.25) is 0 Å². The van der Waals surface area contributed by atoms with Crippen LogP contribution in [0.5, 0.6) is 0 Å². The van der Waals surface area contributed by atoms with Crippen LogP contribution < -0.4 is 0 Å². The summed E-state index contributed by atoms with van der Waals surface area (Å²) in [7, 11) is 3.81. The van der Waals surface area contributed by atoms with Crippen LogP contribution in [0, 0.1) is 11.3 Å². The van der Waals surface area contributed by atoms with Gasteiger partial charge in [0.05, 0.1) is 28.3 Å². The van der Waals surface area contributed by atoms with Crippen LogP contribution in [-0.2, 0) is 18.2 Å². The molecule has 1 aromatic heterocycles. The van der Waals surface area contributed by atoms with Crippen LogP contribution >= 0.6 is 0 Å². The molecule has 0 amide bonds. The van der Waals surface area contributed by atoms with Gasteiger partial charge >= 0.3 is 0 Å². The van der Waals surface area contributed by atoms with Gasteiger partial charge in [-0.25, -0.2) is 4.98 Å². The maximum Gasteiger partial charge on any atom is 0.112 e. The molecule has 0 saturated heterocycles. The molecule has 1 saturated carbocycles. The summed E-state index contributed by atoms with van der Waals surface area (Å²) in [5, 5.41) is 8.94. The Kier molecular flexibility index (Phi) is 2.79. The number of aryl methyl sites for hydroxylation is 1. The fourth-order valence-electron chi connectivity index (χ4n) is 2.79. The minimum atomic E-state index is -0.0206. The number of ether oxygens (including phenoxy) is 1. The molecule has 1 aliphatic carbocycles. The standard InChI is InChI=1S/C15H17N3O/c1-18-13-5-4-11(10-16)8-12(13)17-14(18)9-15(19-2)6-3-7-15/h4-5,8H,3,6-7,9H2,1-2H3. The Morgan fingerprint density at radius 2 is 2.26 bits per heavy atom. The van der Waals surface area contributed by atoms with Crippen molar-refractivity contribution >= 4 is 11.0 Å². The van der Waals surface area contributed by atoms with Crippen LogP contribution in [0.25, 0.3) is 11.0 Å². The monoisotopic (exact) mass is 255 g/mol. The Bertz CT molecular complexity index is 656. The summed E-state index contributed by atoms with van der Waals surface area (Å²) in [4.78, 5) is 4.67. The van der Waals surface area contributed by atoms with Gasteiger partial charge in [0.15, 0.2) is 0 Å². The molecular formula is C15H17N3O. The summed E-state index contributed by atoms with van der Waals surface area (Å²) in [5.41, 5.74) is 2.59. The van der Waals surface area contributed by atoms with E-state index in [-0.39, 0.29) is 5.60 Å². The van der Waals surface area contributed by atoms with Crippen LogP contribution in [0.3, 0.4) is 0 Å². The maximum atomic E-state index is 8.94. The van der Waals surface area contributed by atoms with E-state index in [2.05, 4.69) is 15.6 Å². The molecule has 1 aromatic carbocycles. The van der Waals surface area contributed by atoms with Gasteiger partial charge in [-0.05, 0) is 37.5 Å². The van der Waals surface area contributed by atoms with Crippen molar-refractivity contribution < 1.29 is 4.74 Å². The minimum Gasteiger partial charge on any atom is -0.378 e.